The van der Waals surface area contributed by atoms with Crippen LogP contribution >= 0.6 is 46.4 Å². The fourth-order valence-electron chi connectivity index (χ4n) is 4.88. The molecule has 0 spiro atoms. The first-order valence-corrected chi connectivity index (χ1v) is 13.7. The van der Waals surface area contributed by atoms with Crippen molar-refractivity contribution >= 4 is 46.4 Å². The van der Waals surface area contributed by atoms with Crippen LogP contribution in [0.3, 0.4) is 0 Å². The third kappa shape index (κ3) is 4.42. The van der Waals surface area contributed by atoms with E-state index in [0.29, 0.717) is 43.3 Å². The minimum absolute atomic E-state index is 0.0806. The molecule has 9 heteroatoms. The van der Waals surface area contributed by atoms with Gasteiger partial charge in [-0.3, -0.25) is 0 Å². The van der Waals surface area contributed by atoms with E-state index in [0.717, 1.165) is 35.2 Å². The Bertz CT molecular complexity index is 1630. The van der Waals surface area contributed by atoms with Crippen molar-refractivity contribution in [1.29, 1.82) is 0 Å². The molecule has 2 heterocycles. The molecule has 5 nitrogen and oxygen atoms in total. The van der Waals surface area contributed by atoms with Gasteiger partial charge in [0.05, 0.1) is 21.8 Å². The molecule has 2 aromatic heterocycles. The van der Waals surface area contributed by atoms with Gasteiger partial charge < -0.3 is 4.42 Å². The zero-order valence-electron chi connectivity index (χ0n) is 20.6. The summed E-state index contributed by atoms with van der Waals surface area (Å²) < 4.78 is 8.20. The Hall–Kier alpha value is -2.83. The molecule has 0 radical (unpaired) electrons. The van der Waals surface area contributed by atoms with Crippen LogP contribution in [0, 0.1) is 0 Å². The van der Waals surface area contributed by atoms with Gasteiger partial charge in [0, 0.05) is 26.2 Å². The van der Waals surface area contributed by atoms with Gasteiger partial charge in [0.25, 0.3) is 5.89 Å². The lowest BCUT2D eigenvalue weighted by Gasteiger charge is -2.13. The monoisotopic (exact) mass is 582 g/mol. The van der Waals surface area contributed by atoms with Crippen LogP contribution in [0.25, 0.3) is 28.5 Å². The first-order chi connectivity index (χ1) is 18.3. The quantitative estimate of drug-likeness (QED) is 0.200. The van der Waals surface area contributed by atoms with Gasteiger partial charge in [-0.2, -0.15) is 5.10 Å². The summed E-state index contributed by atoms with van der Waals surface area (Å²) in [6.07, 6.45) is 1.86. The topological polar surface area (TPSA) is 56.7 Å². The molecule has 1 aliphatic rings. The van der Waals surface area contributed by atoms with E-state index in [1.54, 1.807) is 12.1 Å². The lowest BCUT2D eigenvalue weighted by molar-refractivity contribution is 0.470. The number of hydrogen-bond donors (Lipinski definition) is 0. The van der Waals surface area contributed by atoms with Gasteiger partial charge in [-0.15, -0.1) is 10.2 Å². The van der Waals surface area contributed by atoms with Gasteiger partial charge in [0.15, 0.2) is 5.69 Å². The van der Waals surface area contributed by atoms with Crippen molar-refractivity contribution in [2.45, 2.75) is 38.0 Å². The highest BCUT2D eigenvalue weighted by molar-refractivity contribution is 6.35. The molecule has 3 aromatic carbocycles. The van der Waals surface area contributed by atoms with Gasteiger partial charge >= 0.3 is 0 Å². The molecule has 0 unspecified atom stereocenters. The molecule has 5 aromatic rings. The van der Waals surface area contributed by atoms with Crippen LogP contribution in [-0.2, 0) is 5.41 Å². The summed E-state index contributed by atoms with van der Waals surface area (Å²) in [5.74, 6) is 1.02. The standard InChI is InChI=1S/C29H22Cl4N4O/c1-16(2)24-25(27-34-35-28(38-27)29(13-14-29)18-5-9-20(31)10-6-18)36-37(23-12-11-21(32)15-22(23)33)26(24)17-3-7-19(30)8-4-17/h3-12,15-16H,13-14H2,1-2H3. The highest BCUT2D eigenvalue weighted by Gasteiger charge is 2.51. The van der Waals surface area contributed by atoms with E-state index in [-0.39, 0.29) is 11.3 Å². The highest BCUT2D eigenvalue weighted by atomic mass is 35.5. The zero-order valence-corrected chi connectivity index (χ0v) is 23.6. The summed E-state index contributed by atoms with van der Waals surface area (Å²) in [6.45, 7) is 4.22. The Morgan fingerprint density at radius 3 is 2.05 bits per heavy atom. The average molecular weight is 584 g/mol. The predicted molar refractivity (Wildman–Crippen MR) is 153 cm³/mol. The summed E-state index contributed by atoms with van der Waals surface area (Å²) in [4.78, 5) is 0. The molecular formula is C29H22Cl4N4O. The second-order valence-electron chi connectivity index (χ2n) is 9.78. The van der Waals surface area contributed by atoms with Crippen molar-refractivity contribution < 1.29 is 4.42 Å². The predicted octanol–water partition coefficient (Wildman–Crippen LogP) is 9.41. The Balaban J connectivity index is 1.53. The summed E-state index contributed by atoms with van der Waals surface area (Å²) >= 11 is 25.2. The van der Waals surface area contributed by atoms with Crippen LogP contribution < -0.4 is 0 Å². The second-order valence-corrected chi connectivity index (χ2v) is 11.5. The van der Waals surface area contributed by atoms with Gasteiger partial charge in [0.2, 0.25) is 5.89 Å². The highest BCUT2D eigenvalue weighted by Crippen LogP contribution is 2.53. The lowest BCUT2D eigenvalue weighted by atomic mass is 9.96. The molecule has 0 bridgehead atoms. The van der Waals surface area contributed by atoms with Crippen molar-refractivity contribution in [3.05, 3.63) is 104 Å². The fourth-order valence-corrected chi connectivity index (χ4v) is 5.62. The number of benzene rings is 3. The minimum Gasteiger partial charge on any atom is -0.418 e. The van der Waals surface area contributed by atoms with Crippen LogP contribution in [0.4, 0.5) is 0 Å². The Morgan fingerprint density at radius 1 is 0.816 bits per heavy atom. The van der Waals surface area contributed by atoms with Gasteiger partial charge in [-0.25, -0.2) is 4.68 Å². The fraction of sp³-hybridized carbons (Fsp3) is 0.207. The van der Waals surface area contributed by atoms with Crippen molar-refractivity contribution in [3.63, 3.8) is 0 Å². The van der Waals surface area contributed by atoms with E-state index in [1.165, 1.54) is 0 Å². The third-order valence-electron chi connectivity index (χ3n) is 6.94. The Kier molecular flexibility index (Phi) is 6.51. The summed E-state index contributed by atoms with van der Waals surface area (Å²) in [5, 5.41) is 16.3. The summed E-state index contributed by atoms with van der Waals surface area (Å²) in [7, 11) is 0. The van der Waals surface area contributed by atoms with Gasteiger partial charge in [-0.05, 0) is 66.8 Å². The lowest BCUT2D eigenvalue weighted by Crippen LogP contribution is -2.08. The van der Waals surface area contributed by atoms with E-state index in [1.807, 2.05) is 59.3 Å². The van der Waals surface area contributed by atoms with Crippen LogP contribution in [0.1, 0.15) is 49.6 Å². The molecule has 0 aliphatic heterocycles. The third-order valence-corrected chi connectivity index (χ3v) is 7.98. The largest absolute Gasteiger partial charge is 0.418 e. The first kappa shape index (κ1) is 25.4. The summed E-state index contributed by atoms with van der Waals surface area (Å²) in [5.41, 5.74) is 4.88. The van der Waals surface area contributed by atoms with Crippen molar-refractivity contribution in [2.24, 2.45) is 0 Å². The summed E-state index contributed by atoms with van der Waals surface area (Å²) in [6, 6.07) is 20.8. The molecular weight excluding hydrogens is 562 g/mol. The molecule has 0 amide bonds. The SMILES string of the molecule is CC(C)c1c(-c2nnc(C3(c4ccc(Cl)cc4)CC3)o2)nn(-c2ccc(Cl)cc2Cl)c1-c1ccc(Cl)cc1. The molecule has 0 atom stereocenters. The maximum absolute atomic E-state index is 6.66. The maximum atomic E-state index is 6.66. The Morgan fingerprint density at radius 2 is 1.45 bits per heavy atom. The van der Waals surface area contributed by atoms with Gasteiger partial charge in [0.1, 0.15) is 0 Å². The smallest absolute Gasteiger partial charge is 0.268 e. The molecule has 1 fully saturated rings. The van der Waals surface area contributed by atoms with Gasteiger partial charge in [-0.1, -0.05) is 84.5 Å². The molecule has 0 saturated heterocycles. The van der Waals surface area contributed by atoms with Crippen LogP contribution in [-0.4, -0.2) is 20.0 Å². The molecule has 38 heavy (non-hydrogen) atoms. The molecule has 6 rings (SSSR count). The first-order valence-electron chi connectivity index (χ1n) is 12.2. The number of rotatable bonds is 6. The van der Waals surface area contributed by atoms with Crippen LogP contribution in [0.15, 0.2) is 71.1 Å². The van der Waals surface area contributed by atoms with Crippen LogP contribution in [0.5, 0.6) is 0 Å². The number of halogens is 4. The normalized spacial score (nSPS) is 14.3. The van der Waals surface area contributed by atoms with E-state index in [2.05, 4.69) is 24.0 Å². The van der Waals surface area contributed by atoms with E-state index in [4.69, 9.17) is 55.9 Å². The second kappa shape index (κ2) is 9.73. The average Bonchev–Trinajstić information content (AvgIpc) is 3.37. The zero-order chi connectivity index (χ0) is 26.6. The number of hydrogen-bond acceptors (Lipinski definition) is 4. The number of nitrogens with zero attached hydrogens (tertiary/aromatic N) is 4. The Labute approximate surface area is 240 Å². The van der Waals surface area contributed by atoms with E-state index in [9.17, 15) is 0 Å². The molecule has 192 valence electrons. The van der Waals surface area contributed by atoms with E-state index < -0.39 is 0 Å². The maximum Gasteiger partial charge on any atom is 0.268 e. The van der Waals surface area contributed by atoms with Crippen LogP contribution in [0.2, 0.25) is 20.1 Å². The molecule has 1 saturated carbocycles. The minimum atomic E-state index is -0.297. The van der Waals surface area contributed by atoms with E-state index >= 15 is 0 Å². The number of aromatic nitrogens is 4. The van der Waals surface area contributed by atoms with Crippen molar-refractivity contribution in [1.82, 2.24) is 20.0 Å². The van der Waals surface area contributed by atoms with Crippen molar-refractivity contribution in [2.75, 3.05) is 0 Å². The van der Waals surface area contributed by atoms with Crippen molar-refractivity contribution in [3.8, 4) is 28.5 Å². The molecule has 0 N–H and O–H groups in total. The molecule has 1 aliphatic carbocycles.